The van der Waals surface area contributed by atoms with Crippen molar-refractivity contribution in [1.29, 1.82) is 0 Å². The lowest BCUT2D eigenvalue weighted by molar-refractivity contribution is -0.238. The molecule has 2 bridgehead atoms. The molecule has 1 aromatic carbocycles. The Kier molecular flexibility index (Phi) is 3.25. The standard InChI is InChI=1S/C13H16N2O5/c1-19-13(18)14-7-9-10(16)11(17)12(14)20-15(9)8-5-3-2-4-6-8/h2-6,9-12,16-17H,7H2,1H3/t9?,10-,11-,12?/m0/s1. The van der Waals surface area contributed by atoms with Crippen LogP contribution in [0.5, 0.6) is 0 Å². The quantitative estimate of drug-likeness (QED) is 0.750. The Morgan fingerprint density at radius 1 is 1.30 bits per heavy atom. The van der Waals surface area contributed by atoms with E-state index in [-0.39, 0.29) is 6.54 Å². The molecular formula is C13H16N2O5. The topological polar surface area (TPSA) is 82.5 Å². The third-order valence-electron chi connectivity index (χ3n) is 3.67. The van der Waals surface area contributed by atoms with E-state index in [9.17, 15) is 15.0 Å². The summed E-state index contributed by atoms with van der Waals surface area (Å²) in [6.07, 6.45) is -3.69. The van der Waals surface area contributed by atoms with E-state index in [0.29, 0.717) is 0 Å². The molecule has 3 heterocycles. The van der Waals surface area contributed by atoms with Crippen molar-refractivity contribution in [2.24, 2.45) is 0 Å². The number of amides is 1. The lowest BCUT2D eigenvalue weighted by Gasteiger charge is -2.54. The van der Waals surface area contributed by atoms with Crippen LogP contribution in [0.1, 0.15) is 0 Å². The van der Waals surface area contributed by atoms with Crippen LogP contribution in [0, 0.1) is 0 Å². The van der Waals surface area contributed by atoms with Gasteiger partial charge in [0.05, 0.1) is 19.3 Å². The Hall–Kier alpha value is -1.83. The molecular weight excluding hydrogens is 264 g/mol. The van der Waals surface area contributed by atoms with Gasteiger partial charge in [-0.2, -0.15) is 0 Å². The van der Waals surface area contributed by atoms with Gasteiger partial charge in [-0.3, -0.25) is 4.90 Å². The summed E-state index contributed by atoms with van der Waals surface area (Å²) in [6.45, 7) is 0.227. The Morgan fingerprint density at radius 3 is 2.65 bits per heavy atom. The number of hydrogen-bond donors (Lipinski definition) is 2. The number of piperidine rings is 1. The molecule has 1 aromatic rings. The van der Waals surface area contributed by atoms with Crippen molar-refractivity contribution in [2.45, 2.75) is 24.5 Å². The fraction of sp³-hybridized carbons (Fsp3) is 0.462. The highest BCUT2D eigenvalue weighted by Crippen LogP contribution is 2.34. The first-order valence-corrected chi connectivity index (χ1v) is 6.35. The summed E-state index contributed by atoms with van der Waals surface area (Å²) in [4.78, 5) is 18.6. The second-order valence-electron chi connectivity index (χ2n) is 4.83. The molecule has 20 heavy (non-hydrogen) atoms. The molecule has 108 valence electrons. The monoisotopic (exact) mass is 280 g/mol. The predicted octanol–water partition coefficient (Wildman–Crippen LogP) is -0.0633. The number of benzene rings is 1. The van der Waals surface area contributed by atoms with Gasteiger partial charge in [-0.1, -0.05) is 18.2 Å². The summed E-state index contributed by atoms with van der Waals surface area (Å²) < 4.78 is 4.66. The number of nitrogens with zero attached hydrogens (tertiary/aromatic N) is 2. The fourth-order valence-electron chi connectivity index (χ4n) is 2.64. The molecule has 0 saturated carbocycles. The molecule has 4 rings (SSSR count). The van der Waals surface area contributed by atoms with E-state index < -0.39 is 30.6 Å². The number of carbonyl (C=O) groups is 1. The Balaban J connectivity index is 1.89. The highest BCUT2D eigenvalue weighted by Gasteiger charge is 2.54. The number of aliphatic hydroxyl groups is 2. The first-order chi connectivity index (χ1) is 9.63. The average Bonchev–Trinajstić information content (AvgIpc) is 2.51. The van der Waals surface area contributed by atoms with E-state index in [0.717, 1.165) is 5.69 Å². The third kappa shape index (κ3) is 1.91. The zero-order chi connectivity index (χ0) is 14.3. The fourth-order valence-corrected chi connectivity index (χ4v) is 2.64. The molecule has 1 amide bonds. The van der Waals surface area contributed by atoms with Crippen molar-refractivity contribution >= 4 is 11.8 Å². The number of aliphatic hydroxyl groups excluding tert-OH is 2. The maximum atomic E-state index is 11.7. The van der Waals surface area contributed by atoms with Crippen LogP contribution >= 0.6 is 0 Å². The molecule has 4 atom stereocenters. The Bertz CT molecular complexity index is 497. The largest absolute Gasteiger partial charge is 0.453 e. The molecule has 2 N–H and O–H groups in total. The number of methoxy groups -OCH3 is 1. The van der Waals surface area contributed by atoms with Crippen molar-refractivity contribution < 1.29 is 24.6 Å². The predicted molar refractivity (Wildman–Crippen MR) is 68.7 cm³/mol. The number of fused-ring (bicyclic) bond motifs is 3. The van der Waals surface area contributed by atoms with Gasteiger partial charge in [-0.05, 0) is 12.1 Å². The second-order valence-corrected chi connectivity index (χ2v) is 4.83. The van der Waals surface area contributed by atoms with Crippen molar-refractivity contribution in [3.8, 4) is 0 Å². The number of hydrogen-bond acceptors (Lipinski definition) is 6. The summed E-state index contributed by atoms with van der Waals surface area (Å²) in [5.41, 5.74) is 0.762. The zero-order valence-electron chi connectivity index (χ0n) is 10.9. The number of para-hydroxylation sites is 1. The van der Waals surface area contributed by atoms with Crippen molar-refractivity contribution in [2.75, 3.05) is 18.7 Å². The number of rotatable bonds is 1. The molecule has 7 nitrogen and oxygen atoms in total. The molecule has 3 aliphatic heterocycles. The van der Waals surface area contributed by atoms with Gasteiger partial charge in [0, 0.05) is 0 Å². The van der Waals surface area contributed by atoms with Gasteiger partial charge in [0.15, 0.2) is 6.23 Å². The van der Waals surface area contributed by atoms with Crippen molar-refractivity contribution in [1.82, 2.24) is 4.90 Å². The summed E-state index contributed by atoms with van der Waals surface area (Å²) in [5, 5.41) is 21.7. The summed E-state index contributed by atoms with van der Waals surface area (Å²) in [5.74, 6) is 0. The van der Waals surface area contributed by atoms with Crippen molar-refractivity contribution in [3.63, 3.8) is 0 Å². The van der Waals surface area contributed by atoms with Crippen LogP contribution in [0.25, 0.3) is 0 Å². The van der Waals surface area contributed by atoms with Gasteiger partial charge in [0.1, 0.15) is 18.2 Å². The molecule has 3 fully saturated rings. The van der Waals surface area contributed by atoms with Gasteiger partial charge in [0.25, 0.3) is 0 Å². The van der Waals surface area contributed by atoms with Crippen LogP contribution in [0.15, 0.2) is 30.3 Å². The van der Waals surface area contributed by atoms with Crippen LogP contribution in [0.3, 0.4) is 0 Å². The number of ether oxygens (including phenoxy) is 1. The molecule has 0 aliphatic carbocycles. The minimum atomic E-state index is -1.16. The van der Waals surface area contributed by atoms with E-state index in [1.54, 1.807) is 5.06 Å². The van der Waals surface area contributed by atoms with Gasteiger partial charge in [-0.15, -0.1) is 0 Å². The summed E-state index contributed by atoms with van der Waals surface area (Å²) in [7, 11) is 1.27. The maximum absolute atomic E-state index is 11.7. The van der Waals surface area contributed by atoms with Gasteiger partial charge in [0.2, 0.25) is 0 Å². The molecule has 0 aromatic heterocycles. The van der Waals surface area contributed by atoms with Crippen LogP contribution in [0.2, 0.25) is 0 Å². The van der Waals surface area contributed by atoms with Crippen LogP contribution in [-0.4, -0.2) is 59.3 Å². The smallest absolute Gasteiger partial charge is 0.411 e. The maximum Gasteiger partial charge on any atom is 0.411 e. The first-order valence-electron chi connectivity index (χ1n) is 6.35. The number of anilines is 1. The highest BCUT2D eigenvalue weighted by atomic mass is 16.7. The lowest BCUT2D eigenvalue weighted by atomic mass is 9.95. The van der Waals surface area contributed by atoms with Gasteiger partial charge in [-0.25, -0.2) is 14.7 Å². The van der Waals surface area contributed by atoms with Crippen molar-refractivity contribution in [3.05, 3.63) is 30.3 Å². The molecule has 3 aliphatic rings. The minimum Gasteiger partial charge on any atom is -0.453 e. The SMILES string of the molecule is COC(=O)N1CC2[C@H](O)[C@H](O)C1ON2c1ccccc1. The number of carbonyl (C=O) groups excluding carboxylic acids is 1. The first kappa shape index (κ1) is 13.2. The molecule has 0 spiro atoms. The zero-order valence-corrected chi connectivity index (χ0v) is 10.9. The van der Waals surface area contributed by atoms with Crippen LogP contribution in [0.4, 0.5) is 10.5 Å². The molecule has 7 heteroatoms. The van der Waals surface area contributed by atoms with E-state index in [4.69, 9.17) is 4.84 Å². The third-order valence-corrected chi connectivity index (χ3v) is 3.67. The van der Waals surface area contributed by atoms with Gasteiger partial charge < -0.3 is 14.9 Å². The molecule has 0 radical (unpaired) electrons. The van der Waals surface area contributed by atoms with Crippen LogP contribution in [-0.2, 0) is 9.57 Å². The van der Waals surface area contributed by atoms with Crippen LogP contribution < -0.4 is 5.06 Å². The Morgan fingerprint density at radius 2 is 2.00 bits per heavy atom. The number of hydroxylamine groups is 1. The van der Waals surface area contributed by atoms with E-state index in [1.165, 1.54) is 12.0 Å². The van der Waals surface area contributed by atoms with E-state index >= 15 is 0 Å². The average molecular weight is 280 g/mol. The Labute approximate surface area is 115 Å². The van der Waals surface area contributed by atoms with Gasteiger partial charge >= 0.3 is 6.09 Å². The van der Waals surface area contributed by atoms with E-state index in [2.05, 4.69) is 4.74 Å². The highest BCUT2D eigenvalue weighted by molar-refractivity contribution is 5.68. The molecule has 3 saturated heterocycles. The lowest BCUT2D eigenvalue weighted by Crippen LogP contribution is -2.74. The summed E-state index contributed by atoms with van der Waals surface area (Å²) >= 11 is 0. The van der Waals surface area contributed by atoms with E-state index in [1.807, 2.05) is 30.3 Å². The minimum absolute atomic E-state index is 0.227. The molecule has 2 unspecified atom stereocenters. The second kappa shape index (κ2) is 4.93. The normalized spacial score (nSPS) is 32.4. The summed E-state index contributed by atoms with van der Waals surface area (Å²) in [6, 6.07) is 8.70.